The smallest absolute Gasteiger partial charge is 0.325 e. The zero-order valence-electron chi connectivity index (χ0n) is 19.1. The summed E-state index contributed by atoms with van der Waals surface area (Å²) in [5, 5.41) is 5.71. The van der Waals surface area contributed by atoms with Crippen molar-refractivity contribution in [3.63, 3.8) is 0 Å². The predicted molar refractivity (Wildman–Crippen MR) is 120 cm³/mol. The van der Waals surface area contributed by atoms with Gasteiger partial charge in [0, 0.05) is 13.1 Å². The maximum atomic E-state index is 12.9. The van der Waals surface area contributed by atoms with Crippen molar-refractivity contribution in [3.05, 3.63) is 35.4 Å². The van der Waals surface area contributed by atoms with E-state index in [-0.39, 0.29) is 18.4 Å². The second-order valence-corrected chi connectivity index (χ2v) is 8.81. The van der Waals surface area contributed by atoms with Crippen LogP contribution in [0.5, 0.6) is 0 Å². The minimum Gasteiger partial charge on any atom is -0.350 e. The summed E-state index contributed by atoms with van der Waals surface area (Å²) in [5.41, 5.74) is 1.42. The number of urea groups is 1. The first kappa shape index (κ1) is 23.3. The number of amides is 4. The van der Waals surface area contributed by atoms with Crippen LogP contribution in [0.3, 0.4) is 0 Å². The molecule has 1 aliphatic heterocycles. The highest BCUT2D eigenvalue weighted by molar-refractivity contribution is 6.09. The molecule has 0 unspecified atom stereocenters. The molecule has 1 aromatic rings. The Labute approximate surface area is 185 Å². The lowest BCUT2D eigenvalue weighted by Crippen LogP contribution is -2.50. The quantitative estimate of drug-likeness (QED) is 0.593. The van der Waals surface area contributed by atoms with E-state index in [9.17, 15) is 14.4 Å². The number of nitrogens with zero attached hydrogens (tertiary/aromatic N) is 2. The fourth-order valence-electron chi connectivity index (χ4n) is 4.61. The van der Waals surface area contributed by atoms with Gasteiger partial charge in [0.05, 0.1) is 0 Å². The zero-order valence-corrected chi connectivity index (χ0v) is 19.1. The summed E-state index contributed by atoms with van der Waals surface area (Å²) < 4.78 is 0. The van der Waals surface area contributed by atoms with Gasteiger partial charge in [-0.15, -0.1) is 0 Å². The fourth-order valence-corrected chi connectivity index (χ4v) is 4.61. The van der Waals surface area contributed by atoms with Crippen LogP contribution in [0.4, 0.5) is 4.79 Å². The van der Waals surface area contributed by atoms with Crippen molar-refractivity contribution >= 4 is 17.8 Å². The van der Waals surface area contributed by atoms with Gasteiger partial charge in [0.2, 0.25) is 5.91 Å². The first-order chi connectivity index (χ1) is 14.9. The highest BCUT2D eigenvalue weighted by Crippen LogP contribution is 2.37. The van der Waals surface area contributed by atoms with Crippen LogP contribution in [0.1, 0.15) is 64.0 Å². The molecule has 2 N–H and O–H groups in total. The monoisotopic (exact) mass is 428 g/mol. The molecule has 0 radical (unpaired) electrons. The van der Waals surface area contributed by atoms with E-state index in [0.717, 1.165) is 49.4 Å². The Balaban J connectivity index is 1.49. The van der Waals surface area contributed by atoms with E-state index < -0.39 is 11.6 Å². The number of imide groups is 1. The van der Waals surface area contributed by atoms with E-state index in [1.165, 1.54) is 5.56 Å². The molecule has 31 heavy (non-hydrogen) atoms. The Kier molecular flexibility index (Phi) is 7.70. The third-order valence-electron chi connectivity index (χ3n) is 6.90. The molecule has 4 amide bonds. The van der Waals surface area contributed by atoms with Crippen LogP contribution in [-0.2, 0) is 22.7 Å². The third-order valence-corrected chi connectivity index (χ3v) is 6.90. The van der Waals surface area contributed by atoms with Crippen molar-refractivity contribution in [1.82, 2.24) is 20.4 Å². The van der Waals surface area contributed by atoms with Crippen molar-refractivity contribution in [1.29, 1.82) is 0 Å². The van der Waals surface area contributed by atoms with Gasteiger partial charge in [-0.2, -0.15) is 0 Å². The molecule has 7 nitrogen and oxygen atoms in total. The molecule has 2 fully saturated rings. The molecule has 7 heteroatoms. The SMILES string of the molecule is CCC1CCC2(CC1)NC(=O)N(CC(=O)NCc1ccc(CN(CC)CC)cc1)C2=O. The van der Waals surface area contributed by atoms with Gasteiger partial charge in [-0.3, -0.25) is 19.4 Å². The molecule has 0 atom stereocenters. The molecule has 0 bridgehead atoms. The van der Waals surface area contributed by atoms with Gasteiger partial charge in [-0.05, 0) is 55.8 Å². The normalized spacial score (nSPS) is 23.5. The lowest BCUT2D eigenvalue weighted by atomic mass is 9.75. The largest absolute Gasteiger partial charge is 0.350 e. The molecule has 1 aromatic carbocycles. The average molecular weight is 429 g/mol. The number of carbonyl (C=O) groups is 3. The third kappa shape index (κ3) is 5.45. The molecule has 1 aliphatic carbocycles. The molecule has 1 saturated carbocycles. The number of carbonyl (C=O) groups excluding carboxylic acids is 3. The van der Waals surface area contributed by atoms with Crippen LogP contribution in [0.2, 0.25) is 0 Å². The minimum absolute atomic E-state index is 0.232. The highest BCUT2D eigenvalue weighted by atomic mass is 16.2. The first-order valence-corrected chi connectivity index (χ1v) is 11.6. The van der Waals surface area contributed by atoms with E-state index in [2.05, 4.69) is 48.4 Å². The van der Waals surface area contributed by atoms with Crippen LogP contribution < -0.4 is 10.6 Å². The summed E-state index contributed by atoms with van der Waals surface area (Å²) >= 11 is 0. The lowest BCUT2D eigenvalue weighted by molar-refractivity contribution is -0.136. The standard InChI is InChI=1S/C24H36N4O3/c1-4-18-11-13-24(14-12-18)22(30)28(23(31)26-24)17-21(29)25-15-19-7-9-20(10-8-19)16-27(5-2)6-3/h7-10,18H,4-6,11-17H2,1-3H3,(H,25,29)(H,26,31). The van der Waals surface area contributed by atoms with E-state index in [1.54, 1.807) is 0 Å². The Hall–Kier alpha value is -2.41. The van der Waals surface area contributed by atoms with Gasteiger partial charge in [0.1, 0.15) is 12.1 Å². The van der Waals surface area contributed by atoms with Gasteiger partial charge < -0.3 is 10.6 Å². The number of hydrogen-bond donors (Lipinski definition) is 2. The molecule has 170 valence electrons. The van der Waals surface area contributed by atoms with Gasteiger partial charge >= 0.3 is 6.03 Å². The van der Waals surface area contributed by atoms with Crippen LogP contribution in [-0.4, -0.2) is 52.8 Å². The summed E-state index contributed by atoms with van der Waals surface area (Å²) in [6.45, 7) is 9.53. The van der Waals surface area contributed by atoms with Crippen molar-refractivity contribution < 1.29 is 14.4 Å². The second-order valence-electron chi connectivity index (χ2n) is 8.81. The Morgan fingerprint density at radius 1 is 1.10 bits per heavy atom. The number of hydrogen-bond acceptors (Lipinski definition) is 4. The summed E-state index contributed by atoms with van der Waals surface area (Å²) in [6, 6.07) is 7.72. The topological polar surface area (TPSA) is 81.8 Å². The Morgan fingerprint density at radius 2 is 1.71 bits per heavy atom. The molecule has 1 heterocycles. The number of benzene rings is 1. The Morgan fingerprint density at radius 3 is 2.29 bits per heavy atom. The molecular weight excluding hydrogens is 392 g/mol. The van der Waals surface area contributed by atoms with Gasteiger partial charge in [-0.1, -0.05) is 51.5 Å². The maximum absolute atomic E-state index is 12.9. The predicted octanol–water partition coefficient (Wildman–Crippen LogP) is 3.04. The zero-order chi connectivity index (χ0) is 22.4. The van der Waals surface area contributed by atoms with E-state index >= 15 is 0 Å². The van der Waals surface area contributed by atoms with E-state index in [4.69, 9.17) is 0 Å². The van der Waals surface area contributed by atoms with E-state index in [0.29, 0.717) is 25.3 Å². The molecule has 0 aromatic heterocycles. The maximum Gasteiger partial charge on any atom is 0.325 e. The summed E-state index contributed by atoms with van der Waals surface area (Å²) in [6.07, 6.45) is 4.29. The van der Waals surface area contributed by atoms with Crippen LogP contribution in [0.15, 0.2) is 24.3 Å². The minimum atomic E-state index is -0.802. The molecule has 1 spiro atoms. The summed E-state index contributed by atoms with van der Waals surface area (Å²) in [5.74, 6) is 0.0454. The molecule has 1 saturated heterocycles. The average Bonchev–Trinajstić information content (AvgIpc) is 3.01. The van der Waals surface area contributed by atoms with Crippen LogP contribution in [0.25, 0.3) is 0 Å². The molecular formula is C24H36N4O3. The first-order valence-electron chi connectivity index (χ1n) is 11.6. The number of nitrogens with one attached hydrogen (secondary N) is 2. The lowest BCUT2D eigenvalue weighted by Gasteiger charge is -2.34. The molecule has 3 rings (SSSR count). The molecule has 2 aliphatic rings. The van der Waals surface area contributed by atoms with Gasteiger partial charge in [0.25, 0.3) is 5.91 Å². The van der Waals surface area contributed by atoms with Crippen LogP contribution >= 0.6 is 0 Å². The van der Waals surface area contributed by atoms with E-state index in [1.807, 2.05) is 12.1 Å². The number of rotatable bonds is 9. The summed E-state index contributed by atoms with van der Waals surface area (Å²) in [7, 11) is 0. The fraction of sp³-hybridized carbons (Fsp3) is 0.625. The van der Waals surface area contributed by atoms with Crippen molar-refractivity contribution in [3.8, 4) is 0 Å². The van der Waals surface area contributed by atoms with Crippen molar-refractivity contribution in [2.24, 2.45) is 5.92 Å². The van der Waals surface area contributed by atoms with Crippen molar-refractivity contribution in [2.75, 3.05) is 19.6 Å². The van der Waals surface area contributed by atoms with Crippen molar-refractivity contribution in [2.45, 2.75) is 71.5 Å². The van der Waals surface area contributed by atoms with Gasteiger partial charge in [0.15, 0.2) is 0 Å². The summed E-state index contributed by atoms with van der Waals surface area (Å²) in [4.78, 5) is 41.2. The Bertz CT molecular complexity index is 781. The highest BCUT2D eigenvalue weighted by Gasteiger charge is 2.52. The van der Waals surface area contributed by atoms with Crippen LogP contribution in [0, 0.1) is 5.92 Å². The van der Waals surface area contributed by atoms with Gasteiger partial charge in [-0.25, -0.2) is 4.79 Å². The second kappa shape index (κ2) is 10.3.